The van der Waals surface area contributed by atoms with Crippen molar-refractivity contribution in [2.75, 3.05) is 6.54 Å². The average Bonchev–Trinajstić information content (AvgIpc) is 3.15. The number of rotatable bonds is 7. The Bertz CT molecular complexity index is 883. The lowest BCUT2D eigenvalue weighted by Gasteiger charge is -2.15. The Morgan fingerprint density at radius 3 is 2.56 bits per heavy atom. The molecule has 2 N–H and O–H groups in total. The molecular weight excluding hydrogens is 380 g/mol. The van der Waals surface area contributed by atoms with Crippen LogP contribution >= 0.6 is 23.4 Å². The van der Waals surface area contributed by atoms with Gasteiger partial charge in [-0.15, -0.1) is 5.10 Å². The molecule has 1 aromatic heterocycles. The molecule has 2 unspecified atom stereocenters. The largest absolute Gasteiger partial charge is 0.355 e. The quantitative estimate of drug-likeness (QED) is 0.572. The molecule has 0 aliphatic carbocycles. The standard InChI is InChI=1S/C20H21ClN4OS/c1-13(15-6-4-3-5-7-15)12-22-19(26)14(2)27-20-23-18(24-25-20)16-8-10-17(21)11-9-16/h3-11,13-14H,12H2,1-2H3,(H,22,26)(H,23,24,25). The molecule has 1 heterocycles. The van der Waals surface area contributed by atoms with Crippen LogP contribution in [0.2, 0.25) is 5.02 Å². The zero-order chi connectivity index (χ0) is 19.2. The Morgan fingerprint density at radius 2 is 1.85 bits per heavy atom. The van der Waals surface area contributed by atoms with Gasteiger partial charge in [0, 0.05) is 17.1 Å². The first-order valence-electron chi connectivity index (χ1n) is 8.70. The second-order valence-electron chi connectivity index (χ2n) is 6.29. The fourth-order valence-electron chi connectivity index (χ4n) is 2.54. The molecule has 0 spiro atoms. The summed E-state index contributed by atoms with van der Waals surface area (Å²) in [5.74, 6) is 0.882. The van der Waals surface area contributed by atoms with Gasteiger partial charge in [0.15, 0.2) is 5.82 Å². The molecule has 0 radical (unpaired) electrons. The molecule has 27 heavy (non-hydrogen) atoms. The fraction of sp³-hybridized carbons (Fsp3) is 0.250. The molecular formula is C20H21ClN4OS. The van der Waals surface area contributed by atoms with E-state index in [9.17, 15) is 4.79 Å². The number of thioether (sulfide) groups is 1. The maximum absolute atomic E-state index is 12.4. The van der Waals surface area contributed by atoms with E-state index in [2.05, 4.69) is 39.6 Å². The van der Waals surface area contributed by atoms with Crippen LogP contribution in [0, 0.1) is 0 Å². The highest BCUT2D eigenvalue weighted by Crippen LogP contribution is 2.24. The lowest BCUT2D eigenvalue weighted by atomic mass is 10.0. The molecule has 1 amide bonds. The number of amides is 1. The second-order valence-corrected chi connectivity index (χ2v) is 8.03. The summed E-state index contributed by atoms with van der Waals surface area (Å²) in [5.41, 5.74) is 2.10. The minimum atomic E-state index is -0.290. The Morgan fingerprint density at radius 1 is 1.15 bits per heavy atom. The number of hydrogen-bond acceptors (Lipinski definition) is 4. The molecule has 140 valence electrons. The highest BCUT2D eigenvalue weighted by atomic mass is 35.5. The van der Waals surface area contributed by atoms with E-state index in [1.807, 2.05) is 37.3 Å². The molecule has 5 nitrogen and oxygen atoms in total. The number of aromatic amines is 1. The topological polar surface area (TPSA) is 70.7 Å². The number of benzene rings is 2. The summed E-state index contributed by atoms with van der Waals surface area (Å²) in [6, 6.07) is 17.5. The third kappa shape index (κ3) is 5.34. The summed E-state index contributed by atoms with van der Waals surface area (Å²) in [6.07, 6.45) is 0. The maximum atomic E-state index is 12.4. The summed E-state index contributed by atoms with van der Waals surface area (Å²) >= 11 is 7.23. The number of hydrogen-bond donors (Lipinski definition) is 2. The molecule has 0 aliphatic rings. The van der Waals surface area contributed by atoms with Crippen LogP contribution < -0.4 is 5.32 Å². The number of nitrogens with zero attached hydrogens (tertiary/aromatic N) is 2. The van der Waals surface area contributed by atoms with Crippen molar-refractivity contribution in [3.63, 3.8) is 0 Å². The number of carbonyl (C=O) groups is 1. The van der Waals surface area contributed by atoms with Gasteiger partial charge in [0.05, 0.1) is 5.25 Å². The van der Waals surface area contributed by atoms with Crippen molar-refractivity contribution >= 4 is 29.3 Å². The van der Waals surface area contributed by atoms with Crippen molar-refractivity contribution in [1.82, 2.24) is 20.5 Å². The number of aromatic nitrogens is 3. The van der Waals surface area contributed by atoms with E-state index in [1.54, 1.807) is 12.1 Å². The van der Waals surface area contributed by atoms with Gasteiger partial charge in [-0.2, -0.15) is 0 Å². The summed E-state index contributed by atoms with van der Waals surface area (Å²) in [7, 11) is 0. The van der Waals surface area contributed by atoms with E-state index in [-0.39, 0.29) is 17.1 Å². The van der Waals surface area contributed by atoms with Gasteiger partial charge < -0.3 is 5.32 Å². The third-order valence-electron chi connectivity index (χ3n) is 4.19. The minimum absolute atomic E-state index is 0.0272. The highest BCUT2D eigenvalue weighted by Gasteiger charge is 2.18. The molecule has 0 saturated carbocycles. The normalized spacial score (nSPS) is 13.1. The van der Waals surface area contributed by atoms with Crippen molar-refractivity contribution in [3.8, 4) is 11.4 Å². The minimum Gasteiger partial charge on any atom is -0.355 e. The Labute approximate surface area is 167 Å². The van der Waals surface area contributed by atoms with Crippen molar-refractivity contribution < 1.29 is 4.79 Å². The van der Waals surface area contributed by atoms with Crippen molar-refractivity contribution in [3.05, 3.63) is 65.2 Å². The van der Waals surface area contributed by atoms with Crippen LogP contribution in [-0.2, 0) is 4.79 Å². The number of halogens is 1. The van der Waals surface area contributed by atoms with Crippen LogP contribution in [0.3, 0.4) is 0 Å². The Hall–Kier alpha value is -2.31. The van der Waals surface area contributed by atoms with Gasteiger partial charge in [-0.1, -0.05) is 60.6 Å². The lowest BCUT2D eigenvalue weighted by Crippen LogP contribution is -2.33. The lowest BCUT2D eigenvalue weighted by molar-refractivity contribution is -0.120. The number of carbonyl (C=O) groups excluding carboxylic acids is 1. The van der Waals surface area contributed by atoms with Crippen LogP contribution in [0.4, 0.5) is 0 Å². The van der Waals surface area contributed by atoms with Gasteiger partial charge in [0.25, 0.3) is 0 Å². The molecule has 3 aromatic rings. The predicted molar refractivity (Wildman–Crippen MR) is 110 cm³/mol. The Balaban J connectivity index is 1.53. The molecule has 7 heteroatoms. The van der Waals surface area contributed by atoms with E-state index in [1.165, 1.54) is 17.3 Å². The molecule has 3 rings (SSSR count). The van der Waals surface area contributed by atoms with E-state index in [0.717, 1.165) is 5.56 Å². The Kier molecular flexibility index (Phi) is 6.53. The predicted octanol–water partition coefficient (Wildman–Crippen LogP) is 4.53. The van der Waals surface area contributed by atoms with Crippen molar-refractivity contribution in [1.29, 1.82) is 0 Å². The van der Waals surface area contributed by atoms with E-state index in [4.69, 9.17) is 11.6 Å². The smallest absolute Gasteiger partial charge is 0.233 e. The monoisotopic (exact) mass is 400 g/mol. The van der Waals surface area contributed by atoms with Gasteiger partial charge in [0.2, 0.25) is 11.1 Å². The molecule has 0 aliphatic heterocycles. The summed E-state index contributed by atoms with van der Waals surface area (Å²) in [5, 5.41) is 11.0. The van der Waals surface area contributed by atoms with Gasteiger partial charge in [-0.05, 0) is 42.7 Å². The van der Waals surface area contributed by atoms with Crippen LogP contribution in [0.1, 0.15) is 25.3 Å². The number of nitrogens with one attached hydrogen (secondary N) is 2. The highest BCUT2D eigenvalue weighted by molar-refractivity contribution is 8.00. The molecule has 2 aromatic carbocycles. The van der Waals surface area contributed by atoms with Crippen molar-refractivity contribution in [2.24, 2.45) is 0 Å². The van der Waals surface area contributed by atoms with Crippen molar-refractivity contribution in [2.45, 2.75) is 30.2 Å². The first-order chi connectivity index (χ1) is 13.0. The molecule has 0 fully saturated rings. The molecule has 0 bridgehead atoms. The first-order valence-corrected chi connectivity index (χ1v) is 9.96. The second kappa shape index (κ2) is 9.06. The first kappa shape index (κ1) is 19.5. The van der Waals surface area contributed by atoms with Gasteiger partial charge in [-0.25, -0.2) is 4.98 Å². The van der Waals surface area contributed by atoms with Crippen LogP contribution in [0.25, 0.3) is 11.4 Å². The van der Waals surface area contributed by atoms with E-state index < -0.39 is 0 Å². The average molecular weight is 401 g/mol. The summed E-state index contributed by atoms with van der Waals surface area (Å²) in [6.45, 7) is 4.55. The third-order valence-corrected chi connectivity index (χ3v) is 5.40. The maximum Gasteiger partial charge on any atom is 0.233 e. The summed E-state index contributed by atoms with van der Waals surface area (Å²) < 4.78 is 0. The van der Waals surface area contributed by atoms with Crippen LogP contribution in [0.15, 0.2) is 59.8 Å². The zero-order valence-corrected chi connectivity index (χ0v) is 16.7. The summed E-state index contributed by atoms with van der Waals surface area (Å²) in [4.78, 5) is 16.8. The number of H-pyrrole nitrogens is 1. The molecule has 0 saturated heterocycles. The molecule has 2 atom stereocenters. The van der Waals surface area contributed by atoms with Crippen LogP contribution in [-0.4, -0.2) is 32.9 Å². The fourth-order valence-corrected chi connectivity index (χ4v) is 3.42. The van der Waals surface area contributed by atoms with Gasteiger partial charge >= 0.3 is 0 Å². The van der Waals surface area contributed by atoms with Gasteiger partial charge in [-0.3, -0.25) is 9.89 Å². The van der Waals surface area contributed by atoms with E-state index >= 15 is 0 Å². The SMILES string of the molecule is CC(Sc1n[nH]c(-c2ccc(Cl)cc2)n1)C(=O)NCC(C)c1ccccc1. The van der Waals surface area contributed by atoms with Gasteiger partial charge in [0.1, 0.15) is 0 Å². The van der Waals surface area contributed by atoms with Crippen LogP contribution in [0.5, 0.6) is 0 Å². The van der Waals surface area contributed by atoms with E-state index in [0.29, 0.717) is 22.5 Å². The zero-order valence-electron chi connectivity index (χ0n) is 15.1.